The molecule has 0 amide bonds. The lowest BCUT2D eigenvalue weighted by Gasteiger charge is -2.09. The fraction of sp³-hybridized carbons (Fsp3) is 0.250. The van der Waals surface area contributed by atoms with Gasteiger partial charge < -0.3 is 5.11 Å². The molecule has 2 rings (SSSR count). The minimum atomic E-state index is -0.407. The van der Waals surface area contributed by atoms with E-state index in [1.165, 1.54) is 0 Å². The van der Waals surface area contributed by atoms with Gasteiger partial charge in [-0.15, -0.1) is 0 Å². The highest BCUT2D eigenvalue weighted by atomic mass is 35.5. The quantitative estimate of drug-likeness (QED) is 0.846. The van der Waals surface area contributed by atoms with Crippen molar-refractivity contribution in [1.82, 2.24) is 4.98 Å². The molecule has 0 radical (unpaired) electrons. The molecular formula is C12H12ClNO. The van der Waals surface area contributed by atoms with Crippen LogP contribution in [0.4, 0.5) is 0 Å². The fourth-order valence-electron chi connectivity index (χ4n) is 1.67. The van der Waals surface area contributed by atoms with Gasteiger partial charge in [0.05, 0.1) is 11.6 Å². The van der Waals surface area contributed by atoms with E-state index < -0.39 is 6.10 Å². The van der Waals surface area contributed by atoms with E-state index in [1.54, 1.807) is 13.1 Å². The summed E-state index contributed by atoms with van der Waals surface area (Å²) in [5, 5.41) is 11.1. The van der Waals surface area contributed by atoms with Gasteiger partial charge in [0.2, 0.25) is 0 Å². The first-order valence-electron chi connectivity index (χ1n) is 4.88. The predicted molar refractivity (Wildman–Crippen MR) is 62.1 cm³/mol. The van der Waals surface area contributed by atoms with Gasteiger partial charge in [-0.2, -0.15) is 0 Å². The molecule has 0 aliphatic heterocycles. The van der Waals surface area contributed by atoms with Crippen LogP contribution in [0.3, 0.4) is 0 Å². The molecule has 0 spiro atoms. The lowest BCUT2D eigenvalue weighted by molar-refractivity contribution is 0.196. The summed E-state index contributed by atoms with van der Waals surface area (Å²) in [7, 11) is 0. The van der Waals surface area contributed by atoms with E-state index in [4.69, 9.17) is 11.6 Å². The molecule has 3 heteroatoms. The Morgan fingerprint density at radius 2 is 2.20 bits per heavy atom. The zero-order valence-electron chi connectivity index (χ0n) is 8.44. The van der Waals surface area contributed by atoms with Crippen molar-refractivity contribution in [2.75, 3.05) is 0 Å². The summed E-state index contributed by atoms with van der Waals surface area (Å²) in [6.45, 7) is 1.75. The number of benzene rings is 1. The second kappa shape index (κ2) is 4.17. The minimum Gasteiger partial charge on any atom is -0.393 e. The van der Waals surface area contributed by atoms with Gasteiger partial charge >= 0.3 is 0 Å². The van der Waals surface area contributed by atoms with Crippen LogP contribution in [0.1, 0.15) is 12.5 Å². The molecule has 0 fully saturated rings. The second-order valence-corrected chi connectivity index (χ2v) is 4.06. The summed E-state index contributed by atoms with van der Waals surface area (Å²) in [5.74, 6) is 0. The molecule has 2 nitrogen and oxygen atoms in total. The normalized spacial score (nSPS) is 13.0. The number of aliphatic hydroxyl groups is 1. The van der Waals surface area contributed by atoms with Gasteiger partial charge in [-0.1, -0.05) is 23.7 Å². The summed E-state index contributed by atoms with van der Waals surface area (Å²) < 4.78 is 0. The van der Waals surface area contributed by atoms with Crippen molar-refractivity contribution >= 4 is 22.5 Å². The van der Waals surface area contributed by atoms with Crippen LogP contribution in [-0.2, 0) is 6.42 Å². The molecule has 1 heterocycles. The highest BCUT2D eigenvalue weighted by Gasteiger charge is 2.09. The van der Waals surface area contributed by atoms with E-state index in [-0.39, 0.29) is 0 Å². The van der Waals surface area contributed by atoms with Gasteiger partial charge in [-0.3, -0.25) is 4.98 Å². The number of pyridine rings is 1. The molecule has 1 aromatic carbocycles. The molecular weight excluding hydrogens is 210 g/mol. The van der Waals surface area contributed by atoms with Gasteiger partial charge in [0.1, 0.15) is 0 Å². The molecule has 1 aromatic heterocycles. The number of aromatic nitrogens is 1. The molecule has 0 unspecified atom stereocenters. The zero-order valence-corrected chi connectivity index (χ0v) is 9.20. The van der Waals surface area contributed by atoms with Crippen LogP contribution < -0.4 is 0 Å². The highest BCUT2D eigenvalue weighted by molar-refractivity contribution is 6.32. The molecule has 0 aliphatic rings. The summed E-state index contributed by atoms with van der Waals surface area (Å²) in [5.41, 5.74) is 1.80. The van der Waals surface area contributed by atoms with E-state index in [1.807, 2.05) is 24.3 Å². The van der Waals surface area contributed by atoms with Gasteiger partial charge in [-0.25, -0.2) is 0 Å². The predicted octanol–water partition coefficient (Wildman–Crippen LogP) is 2.81. The number of hydrogen-bond acceptors (Lipinski definition) is 2. The van der Waals surface area contributed by atoms with Crippen LogP contribution in [0.2, 0.25) is 5.02 Å². The molecule has 2 aromatic rings. The maximum absolute atomic E-state index is 9.40. The van der Waals surface area contributed by atoms with Gasteiger partial charge in [0, 0.05) is 23.0 Å². The van der Waals surface area contributed by atoms with Crippen LogP contribution >= 0.6 is 11.6 Å². The Hall–Kier alpha value is -1.12. The molecule has 0 bridgehead atoms. The van der Waals surface area contributed by atoms with Crippen molar-refractivity contribution in [1.29, 1.82) is 0 Å². The molecule has 0 saturated heterocycles. The number of halogens is 1. The van der Waals surface area contributed by atoms with E-state index >= 15 is 0 Å². The molecule has 15 heavy (non-hydrogen) atoms. The lowest BCUT2D eigenvalue weighted by atomic mass is 10.0. The van der Waals surface area contributed by atoms with Crippen molar-refractivity contribution < 1.29 is 5.11 Å². The SMILES string of the molecule is C[C@H](O)Cc1c(Cl)ccc2cccnc12. The standard InChI is InChI=1S/C12H12ClNO/c1-8(15)7-10-11(13)5-4-9-3-2-6-14-12(9)10/h2-6,8,15H,7H2,1H3/t8-/m0/s1. The Morgan fingerprint density at radius 3 is 2.93 bits per heavy atom. The maximum Gasteiger partial charge on any atom is 0.0749 e. The van der Waals surface area contributed by atoms with Crippen LogP contribution in [-0.4, -0.2) is 16.2 Å². The van der Waals surface area contributed by atoms with Crippen LogP contribution in [0.5, 0.6) is 0 Å². The first-order chi connectivity index (χ1) is 7.18. The van der Waals surface area contributed by atoms with Crippen molar-refractivity contribution in [2.45, 2.75) is 19.4 Å². The Balaban J connectivity index is 2.63. The second-order valence-electron chi connectivity index (χ2n) is 3.65. The monoisotopic (exact) mass is 221 g/mol. The molecule has 1 N–H and O–H groups in total. The lowest BCUT2D eigenvalue weighted by Crippen LogP contribution is -2.05. The summed E-state index contributed by atoms with van der Waals surface area (Å²) >= 11 is 6.10. The molecule has 78 valence electrons. The number of nitrogens with zero attached hydrogens (tertiary/aromatic N) is 1. The third-order valence-electron chi connectivity index (χ3n) is 2.32. The summed E-state index contributed by atoms with van der Waals surface area (Å²) in [6.07, 6.45) is 1.87. The Morgan fingerprint density at radius 1 is 1.40 bits per heavy atom. The van der Waals surface area contributed by atoms with E-state index in [2.05, 4.69) is 4.98 Å². The number of rotatable bonds is 2. The van der Waals surface area contributed by atoms with Crippen molar-refractivity contribution in [3.63, 3.8) is 0 Å². The number of fused-ring (bicyclic) bond motifs is 1. The number of aliphatic hydroxyl groups excluding tert-OH is 1. The van der Waals surface area contributed by atoms with Crippen molar-refractivity contribution in [3.8, 4) is 0 Å². The third-order valence-corrected chi connectivity index (χ3v) is 2.68. The smallest absolute Gasteiger partial charge is 0.0749 e. The molecule has 1 atom stereocenters. The van der Waals surface area contributed by atoms with Crippen molar-refractivity contribution in [3.05, 3.63) is 41.0 Å². The largest absolute Gasteiger partial charge is 0.393 e. The molecule has 0 aliphatic carbocycles. The Bertz CT molecular complexity index is 482. The van der Waals surface area contributed by atoms with E-state index in [0.29, 0.717) is 11.4 Å². The zero-order chi connectivity index (χ0) is 10.8. The first kappa shape index (κ1) is 10.4. The fourth-order valence-corrected chi connectivity index (χ4v) is 1.90. The summed E-state index contributed by atoms with van der Waals surface area (Å²) in [4.78, 5) is 4.30. The van der Waals surface area contributed by atoms with Crippen molar-refractivity contribution in [2.24, 2.45) is 0 Å². The van der Waals surface area contributed by atoms with E-state index in [9.17, 15) is 5.11 Å². The maximum atomic E-state index is 9.40. The summed E-state index contributed by atoms with van der Waals surface area (Å²) in [6, 6.07) is 7.67. The Kier molecular flexibility index (Phi) is 2.89. The van der Waals surface area contributed by atoms with Gasteiger partial charge in [0.25, 0.3) is 0 Å². The van der Waals surface area contributed by atoms with E-state index in [0.717, 1.165) is 16.5 Å². The average Bonchev–Trinajstić information content (AvgIpc) is 2.22. The number of hydrogen-bond donors (Lipinski definition) is 1. The first-order valence-corrected chi connectivity index (χ1v) is 5.26. The minimum absolute atomic E-state index is 0.407. The van der Waals surface area contributed by atoms with Crippen LogP contribution in [0.15, 0.2) is 30.5 Å². The highest BCUT2D eigenvalue weighted by Crippen LogP contribution is 2.25. The average molecular weight is 222 g/mol. The Labute approximate surface area is 93.5 Å². The molecule has 0 saturated carbocycles. The van der Waals surface area contributed by atoms with Crippen LogP contribution in [0, 0.1) is 0 Å². The van der Waals surface area contributed by atoms with Crippen LogP contribution in [0.25, 0.3) is 10.9 Å². The van der Waals surface area contributed by atoms with Gasteiger partial charge in [0.15, 0.2) is 0 Å². The van der Waals surface area contributed by atoms with Gasteiger partial charge in [-0.05, 0) is 24.6 Å². The topological polar surface area (TPSA) is 33.1 Å². The third kappa shape index (κ3) is 2.11.